The predicted octanol–water partition coefficient (Wildman–Crippen LogP) is 2.54. The van der Waals surface area contributed by atoms with Crippen LogP contribution in [0.5, 0.6) is 0 Å². The van der Waals surface area contributed by atoms with Gasteiger partial charge in [0.15, 0.2) is 0 Å². The second-order valence-electron chi connectivity index (χ2n) is 6.80. The van der Waals surface area contributed by atoms with Crippen LogP contribution in [0.15, 0.2) is 42.6 Å². The monoisotopic (exact) mass is 381 g/mol. The topological polar surface area (TPSA) is 94.6 Å². The lowest BCUT2D eigenvalue weighted by Gasteiger charge is -2.25. The molecule has 1 aromatic heterocycles. The van der Waals surface area contributed by atoms with Crippen LogP contribution >= 0.6 is 0 Å². The van der Waals surface area contributed by atoms with Gasteiger partial charge in [-0.25, -0.2) is 14.5 Å². The van der Waals surface area contributed by atoms with E-state index in [2.05, 4.69) is 15.6 Å². The molecule has 1 unspecified atom stereocenters. The fourth-order valence-electron chi connectivity index (χ4n) is 2.97. The van der Waals surface area contributed by atoms with Gasteiger partial charge in [0.1, 0.15) is 0 Å². The molecule has 2 N–H and O–H groups in total. The van der Waals surface area contributed by atoms with E-state index in [9.17, 15) is 14.4 Å². The van der Waals surface area contributed by atoms with Gasteiger partial charge in [0, 0.05) is 37.1 Å². The minimum atomic E-state index is -0.468. The van der Waals surface area contributed by atoms with Crippen molar-refractivity contribution in [3.05, 3.63) is 53.9 Å². The first-order chi connectivity index (χ1) is 13.4. The van der Waals surface area contributed by atoms with Crippen molar-refractivity contribution in [2.45, 2.75) is 26.3 Å². The summed E-state index contributed by atoms with van der Waals surface area (Å²) >= 11 is 0. The smallest absolute Gasteiger partial charge is 0.328 e. The number of carbonyl (C=O) groups is 3. The molecule has 0 spiro atoms. The van der Waals surface area contributed by atoms with Crippen LogP contribution in [0.4, 0.5) is 21.0 Å². The highest BCUT2D eigenvalue weighted by atomic mass is 16.2. The summed E-state index contributed by atoms with van der Waals surface area (Å²) in [5, 5.41) is 5.29. The van der Waals surface area contributed by atoms with E-state index in [1.165, 1.54) is 0 Å². The van der Waals surface area contributed by atoms with Gasteiger partial charge in [0.2, 0.25) is 0 Å². The van der Waals surface area contributed by atoms with Gasteiger partial charge >= 0.3 is 12.1 Å². The normalized spacial score (nSPS) is 14.6. The summed E-state index contributed by atoms with van der Waals surface area (Å²) in [4.78, 5) is 43.3. The quantitative estimate of drug-likeness (QED) is 0.778. The molecule has 0 aliphatic carbocycles. The average molecular weight is 381 g/mol. The maximum Gasteiger partial charge on any atom is 0.329 e. The van der Waals surface area contributed by atoms with Gasteiger partial charge in [0.25, 0.3) is 5.91 Å². The molecule has 8 heteroatoms. The molecule has 3 rings (SSSR count). The number of aromatic nitrogens is 1. The van der Waals surface area contributed by atoms with Crippen LogP contribution in [-0.4, -0.2) is 47.5 Å². The van der Waals surface area contributed by atoms with Crippen molar-refractivity contribution < 1.29 is 14.4 Å². The van der Waals surface area contributed by atoms with Crippen LogP contribution in [0.2, 0.25) is 0 Å². The molecular weight excluding hydrogens is 358 g/mol. The number of anilines is 2. The van der Waals surface area contributed by atoms with Crippen LogP contribution in [0, 0.1) is 6.92 Å². The third-order valence-corrected chi connectivity index (χ3v) is 4.79. The Hall–Kier alpha value is -3.42. The van der Waals surface area contributed by atoms with Crippen LogP contribution in [-0.2, 0) is 11.2 Å². The largest absolute Gasteiger partial charge is 0.329 e. The molecule has 0 radical (unpaired) electrons. The van der Waals surface area contributed by atoms with E-state index in [-0.39, 0.29) is 24.5 Å². The number of pyridine rings is 1. The van der Waals surface area contributed by atoms with E-state index < -0.39 is 6.03 Å². The van der Waals surface area contributed by atoms with Crippen LogP contribution < -0.4 is 15.5 Å². The molecule has 8 nitrogen and oxygen atoms in total. The van der Waals surface area contributed by atoms with E-state index >= 15 is 0 Å². The predicted molar refractivity (Wildman–Crippen MR) is 106 cm³/mol. The third-order valence-electron chi connectivity index (χ3n) is 4.79. The zero-order valence-corrected chi connectivity index (χ0v) is 16.1. The number of carbonyl (C=O) groups excluding carboxylic acids is 3. The summed E-state index contributed by atoms with van der Waals surface area (Å²) in [6.45, 7) is 3.93. The van der Waals surface area contributed by atoms with Crippen molar-refractivity contribution in [2.24, 2.45) is 0 Å². The Morgan fingerprint density at radius 3 is 2.79 bits per heavy atom. The van der Waals surface area contributed by atoms with Gasteiger partial charge in [-0.05, 0) is 43.7 Å². The lowest BCUT2D eigenvalue weighted by Crippen LogP contribution is -2.39. The summed E-state index contributed by atoms with van der Waals surface area (Å²) in [5.41, 5.74) is 2.96. The summed E-state index contributed by atoms with van der Waals surface area (Å²) in [6.07, 6.45) is 2.38. The highest BCUT2D eigenvalue weighted by Crippen LogP contribution is 2.22. The first kappa shape index (κ1) is 19.3. The molecule has 1 saturated heterocycles. The second-order valence-corrected chi connectivity index (χ2v) is 6.80. The third kappa shape index (κ3) is 4.11. The molecule has 28 heavy (non-hydrogen) atoms. The molecule has 1 fully saturated rings. The maximum absolute atomic E-state index is 12.6. The molecule has 2 heterocycles. The molecule has 2 aromatic rings. The molecule has 5 amide bonds. The molecule has 0 saturated carbocycles. The Morgan fingerprint density at radius 1 is 1.32 bits per heavy atom. The van der Waals surface area contributed by atoms with E-state index in [0.29, 0.717) is 17.8 Å². The Kier molecular flexibility index (Phi) is 5.58. The maximum atomic E-state index is 12.6. The Morgan fingerprint density at radius 2 is 2.11 bits per heavy atom. The SMILES string of the molecule is Cc1cccnc1CC(C)N(C)C(=O)Nc1cccc(N2C(=O)CNC2=O)c1. The van der Waals surface area contributed by atoms with Crippen molar-refractivity contribution in [1.82, 2.24) is 15.2 Å². The fourth-order valence-corrected chi connectivity index (χ4v) is 2.97. The van der Waals surface area contributed by atoms with Crippen LogP contribution in [0.25, 0.3) is 0 Å². The van der Waals surface area contributed by atoms with Crippen molar-refractivity contribution >= 4 is 29.3 Å². The number of amides is 5. The minimum Gasteiger partial charge on any atom is -0.328 e. The molecular formula is C20H23N5O3. The number of nitrogens with zero attached hydrogens (tertiary/aromatic N) is 3. The highest BCUT2D eigenvalue weighted by molar-refractivity contribution is 6.20. The summed E-state index contributed by atoms with van der Waals surface area (Å²) < 4.78 is 0. The number of nitrogens with one attached hydrogen (secondary N) is 2. The summed E-state index contributed by atoms with van der Waals surface area (Å²) in [5.74, 6) is -0.329. The number of imide groups is 1. The lowest BCUT2D eigenvalue weighted by molar-refractivity contribution is -0.115. The standard InChI is InChI=1S/C20H23N5O3/c1-13-6-5-9-21-17(13)10-14(2)24(3)20(28)23-15-7-4-8-16(11-15)25-18(26)12-22-19(25)27/h4-9,11,14H,10,12H2,1-3H3,(H,22,27)(H,23,28). The Labute approximate surface area is 163 Å². The summed E-state index contributed by atoms with van der Waals surface area (Å²) in [7, 11) is 1.72. The fraction of sp³-hybridized carbons (Fsp3) is 0.300. The Bertz CT molecular complexity index is 898. The van der Waals surface area contributed by atoms with Crippen LogP contribution in [0.3, 0.4) is 0 Å². The van der Waals surface area contributed by atoms with Gasteiger partial charge in [-0.15, -0.1) is 0 Å². The molecule has 146 valence electrons. The average Bonchev–Trinajstić information content (AvgIpc) is 3.01. The Balaban J connectivity index is 1.67. The van der Waals surface area contributed by atoms with Crippen molar-refractivity contribution in [2.75, 3.05) is 23.8 Å². The number of rotatable bonds is 5. The van der Waals surface area contributed by atoms with Gasteiger partial charge in [0.05, 0.1) is 12.2 Å². The first-order valence-electron chi connectivity index (χ1n) is 9.02. The molecule has 1 aromatic carbocycles. The van der Waals surface area contributed by atoms with Crippen molar-refractivity contribution in [1.29, 1.82) is 0 Å². The summed E-state index contributed by atoms with van der Waals surface area (Å²) in [6, 6.07) is 9.71. The molecule has 1 atom stereocenters. The van der Waals surface area contributed by atoms with Crippen molar-refractivity contribution in [3.63, 3.8) is 0 Å². The van der Waals surface area contributed by atoms with Crippen molar-refractivity contribution in [3.8, 4) is 0 Å². The van der Waals surface area contributed by atoms with Gasteiger partial charge in [-0.1, -0.05) is 12.1 Å². The van der Waals surface area contributed by atoms with E-state index in [4.69, 9.17) is 0 Å². The number of benzene rings is 1. The second kappa shape index (κ2) is 8.08. The molecule has 1 aliphatic rings. The zero-order chi connectivity index (χ0) is 20.3. The lowest BCUT2D eigenvalue weighted by atomic mass is 10.1. The molecule has 1 aliphatic heterocycles. The number of likely N-dealkylation sites (N-methyl/N-ethyl adjacent to an activating group) is 1. The van der Waals surface area contributed by atoms with Gasteiger partial charge < -0.3 is 15.5 Å². The van der Waals surface area contributed by atoms with E-state index in [1.807, 2.05) is 26.0 Å². The van der Waals surface area contributed by atoms with E-state index in [1.54, 1.807) is 42.4 Å². The number of urea groups is 2. The van der Waals surface area contributed by atoms with E-state index in [0.717, 1.165) is 16.2 Å². The van der Waals surface area contributed by atoms with Crippen LogP contribution in [0.1, 0.15) is 18.2 Å². The number of hydrogen-bond donors (Lipinski definition) is 2. The zero-order valence-electron chi connectivity index (χ0n) is 16.1. The minimum absolute atomic E-state index is 0.0252. The molecule has 0 bridgehead atoms. The highest BCUT2D eigenvalue weighted by Gasteiger charge is 2.30. The number of aryl methyl sites for hydroxylation is 1. The number of hydrogen-bond acceptors (Lipinski definition) is 4. The van der Waals surface area contributed by atoms with Gasteiger partial charge in [-0.2, -0.15) is 0 Å². The first-order valence-corrected chi connectivity index (χ1v) is 9.02. The van der Waals surface area contributed by atoms with Gasteiger partial charge in [-0.3, -0.25) is 9.78 Å².